The van der Waals surface area contributed by atoms with E-state index >= 15 is 0 Å². The molecule has 1 fully saturated rings. The van der Waals surface area contributed by atoms with Gasteiger partial charge in [0.25, 0.3) is 0 Å². The molecule has 0 saturated heterocycles. The molecule has 0 aromatic carbocycles. The van der Waals surface area contributed by atoms with E-state index < -0.39 is 0 Å². The highest BCUT2D eigenvalue weighted by atomic mass is 15.0. The normalized spacial score (nSPS) is 28.9. The average Bonchev–Trinajstić information content (AvgIpc) is 2.72. The number of aromatic nitrogens is 2. The number of hydrogen-bond donors (Lipinski definition) is 2. The molecule has 1 aromatic rings. The predicted octanol–water partition coefficient (Wildman–Crippen LogP) is 2.50. The summed E-state index contributed by atoms with van der Waals surface area (Å²) in [5.74, 6) is 2.70. The second-order valence-electron chi connectivity index (χ2n) is 4.77. The number of hydrogen-bond acceptors (Lipinski definition) is 2. The number of H-pyrrole nitrogens is 1. The molecule has 2 N–H and O–H groups in total. The van der Waals surface area contributed by atoms with Crippen LogP contribution in [0.5, 0.6) is 0 Å². The summed E-state index contributed by atoms with van der Waals surface area (Å²) in [6, 6.07) is 0.405. The van der Waals surface area contributed by atoms with E-state index in [0.29, 0.717) is 6.04 Å². The van der Waals surface area contributed by atoms with Gasteiger partial charge in [-0.2, -0.15) is 0 Å². The third-order valence-corrected chi connectivity index (χ3v) is 3.57. The Hall–Kier alpha value is -0.830. The van der Waals surface area contributed by atoms with Gasteiger partial charge in [-0.15, -0.1) is 0 Å². The quantitative estimate of drug-likeness (QED) is 0.799. The van der Waals surface area contributed by atoms with E-state index in [-0.39, 0.29) is 0 Å². The minimum atomic E-state index is 0.405. The van der Waals surface area contributed by atoms with Gasteiger partial charge in [0.05, 0.1) is 6.04 Å². The molecule has 0 bridgehead atoms. The topological polar surface area (TPSA) is 40.7 Å². The zero-order valence-electron chi connectivity index (χ0n) is 9.66. The molecule has 0 aliphatic heterocycles. The van der Waals surface area contributed by atoms with Gasteiger partial charge in [0.15, 0.2) is 0 Å². The lowest BCUT2D eigenvalue weighted by Gasteiger charge is -2.32. The van der Waals surface area contributed by atoms with E-state index in [1.807, 2.05) is 19.4 Å². The minimum Gasteiger partial charge on any atom is -0.347 e. The fourth-order valence-corrected chi connectivity index (χ4v) is 2.83. The minimum absolute atomic E-state index is 0.405. The van der Waals surface area contributed by atoms with Crippen molar-refractivity contribution in [2.45, 2.75) is 38.6 Å². The Balaban J connectivity index is 2.06. The molecule has 1 saturated carbocycles. The Kier molecular flexibility index (Phi) is 3.41. The molecule has 3 heteroatoms. The fraction of sp³-hybridized carbons (Fsp3) is 0.750. The maximum atomic E-state index is 4.37. The van der Waals surface area contributed by atoms with Crippen LogP contribution in [-0.2, 0) is 0 Å². The molecule has 0 spiro atoms. The second-order valence-corrected chi connectivity index (χ2v) is 4.77. The summed E-state index contributed by atoms with van der Waals surface area (Å²) in [6.07, 6.45) is 9.16. The van der Waals surface area contributed by atoms with Gasteiger partial charge in [0, 0.05) is 12.4 Å². The van der Waals surface area contributed by atoms with Gasteiger partial charge in [-0.25, -0.2) is 4.98 Å². The van der Waals surface area contributed by atoms with Crippen LogP contribution in [0.2, 0.25) is 0 Å². The molecule has 0 radical (unpaired) electrons. The zero-order chi connectivity index (χ0) is 10.7. The van der Waals surface area contributed by atoms with Crippen LogP contribution in [0.15, 0.2) is 12.4 Å². The van der Waals surface area contributed by atoms with E-state index in [9.17, 15) is 0 Å². The van der Waals surface area contributed by atoms with Crippen molar-refractivity contribution in [3.8, 4) is 0 Å². The summed E-state index contributed by atoms with van der Waals surface area (Å²) in [5, 5.41) is 3.40. The Morgan fingerprint density at radius 2 is 2.40 bits per heavy atom. The van der Waals surface area contributed by atoms with Gasteiger partial charge >= 0.3 is 0 Å². The molecule has 3 atom stereocenters. The first-order valence-corrected chi connectivity index (χ1v) is 5.97. The lowest BCUT2D eigenvalue weighted by atomic mass is 9.78. The van der Waals surface area contributed by atoms with E-state index in [4.69, 9.17) is 0 Å². The Morgan fingerprint density at radius 3 is 3.00 bits per heavy atom. The van der Waals surface area contributed by atoms with Crippen molar-refractivity contribution in [2.75, 3.05) is 7.05 Å². The lowest BCUT2D eigenvalue weighted by molar-refractivity contribution is 0.225. The highest BCUT2D eigenvalue weighted by molar-refractivity contribution is 4.98. The molecule has 1 aliphatic carbocycles. The molecule has 1 heterocycles. The van der Waals surface area contributed by atoms with Gasteiger partial charge in [-0.05, 0) is 31.7 Å². The Labute approximate surface area is 91.7 Å². The van der Waals surface area contributed by atoms with Crippen molar-refractivity contribution in [3.63, 3.8) is 0 Å². The van der Waals surface area contributed by atoms with Crippen molar-refractivity contribution in [1.82, 2.24) is 15.3 Å². The van der Waals surface area contributed by atoms with Crippen molar-refractivity contribution < 1.29 is 0 Å². The summed E-state index contributed by atoms with van der Waals surface area (Å²) >= 11 is 0. The van der Waals surface area contributed by atoms with Gasteiger partial charge in [0.1, 0.15) is 5.82 Å². The van der Waals surface area contributed by atoms with Gasteiger partial charge < -0.3 is 10.3 Å². The van der Waals surface area contributed by atoms with Gasteiger partial charge in [0.2, 0.25) is 0 Å². The van der Waals surface area contributed by atoms with Gasteiger partial charge in [-0.1, -0.05) is 19.8 Å². The monoisotopic (exact) mass is 207 g/mol. The van der Waals surface area contributed by atoms with E-state index in [2.05, 4.69) is 22.2 Å². The first kappa shape index (κ1) is 10.7. The van der Waals surface area contributed by atoms with E-state index in [1.165, 1.54) is 25.7 Å². The smallest absolute Gasteiger partial charge is 0.123 e. The molecule has 2 rings (SSSR count). The van der Waals surface area contributed by atoms with Crippen LogP contribution in [0.25, 0.3) is 0 Å². The van der Waals surface area contributed by atoms with Crippen LogP contribution in [0, 0.1) is 11.8 Å². The van der Waals surface area contributed by atoms with E-state index in [1.54, 1.807) is 0 Å². The zero-order valence-corrected chi connectivity index (χ0v) is 9.66. The molecule has 0 amide bonds. The first-order valence-electron chi connectivity index (χ1n) is 5.97. The second kappa shape index (κ2) is 4.79. The van der Waals surface area contributed by atoms with Gasteiger partial charge in [-0.3, -0.25) is 0 Å². The summed E-state index contributed by atoms with van der Waals surface area (Å²) in [7, 11) is 2.03. The third-order valence-electron chi connectivity index (χ3n) is 3.57. The molecule has 3 nitrogen and oxygen atoms in total. The standard InChI is InChI=1S/C12H21N3/c1-9-4-3-5-10(8-9)11(13-2)12-14-6-7-15-12/h6-7,9-11,13H,3-5,8H2,1-2H3,(H,14,15). The molecule has 1 aliphatic rings. The van der Waals surface area contributed by atoms with Crippen LogP contribution in [-0.4, -0.2) is 17.0 Å². The van der Waals surface area contributed by atoms with Crippen molar-refractivity contribution in [1.29, 1.82) is 0 Å². The molecule has 1 aromatic heterocycles. The number of imidazole rings is 1. The summed E-state index contributed by atoms with van der Waals surface area (Å²) in [6.45, 7) is 2.36. The molecule has 84 valence electrons. The molecule has 15 heavy (non-hydrogen) atoms. The largest absolute Gasteiger partial charge is 0.347 e. The fourth-order valence-electron chi connectivity index (χ4n) is 2.83. The summed E-state index contributed by atoms with van der Waals surface area (Å²) < 4.78 is 0. The Bertz CT molecular complexity index is 281. The average molecular weight is 207 g/mol. The van der Waals surface area contributed by atoms with Crippen LogP contribution in [0.4, 0.5) is 0 Å². The predicted molar refractivity (Wildman–Crippen MR) is 61.5 cm³/mol. The highest BCUT2D eigenvalue weighted by Crippen LogP contribution is 2.35. The first-order chi connectivity index (χ1) is 7.31. The number of rotatable bonds is 3. The number of nitrogens with one attached hydrogen (secondary N) is 2. The lowest BCUT2D eigenvalue weighted by Crippen LogP contribution is -2.29. The SMILES string of the molecule is CNC(c1ncc[nH]1)C1CCCC(C)C1. The maximum Gasteiger partial charge on any atom is 0.123 e. The van der Waals surface area contributed by atoms with Crippen LogP contribution in [0.3, 0.4) is 0 Å². The number of nitrogens with zero attached hydrogens (tertiary/aromatic N) is 1. The van der Waals surface area contributed by atoms with E-state index in [0.717, 1.165) is 17.7 Å². The Morgan fingerprint density at radius 1 is 1.53 bits per heavy atom. The highest BCUT2D eigenvalue weighted by Gasteiger charge is 2.27. The number of aromatic amines is 1. The molecular weight excluding hydrogens is 186 g/mol. The maximum absolute atomic E-state index is 4.37. The van der Waals surface area contributed by atoms with Crippen molar-refractivity contribution >= 4 is 0 Å². The third kappa shape index (κ3) is 2.40. The molecule has 3 unspecified atom stereocenters. The van der Waals surface area contributed by atoms with Crippen molar-refractivity contribution in [3.05, 3.63) is 18.2 Å². The summed E-state index contributed by atoms with van der Waals surface area (Å²) in [4.78, 5) is 7.60. The van der Waals surface area contributed by atoms with Crippen LogP contribution in [0.1, 0.15) is 44.5 Å². The van der Waals surface area contributed by atoms with Crippen LogP contribution >= 0.6 is 0 Å². The molecular formula is C12H21N3. The summed E-state index contributed by atoms with van der Waals surface area (Å²) in [5.41, 5.74) is 0. The van der Waals surface area contributed by atoms with Crippen LogP contribution < -0.4 is 5.32 Å². The van der Waals surface area contributed by atoms with Crippen molar-refractivity contribution in [2.24, 2.45) is 11.8 Å².